The molecule has 1 aliphatic carbocycles. The van der Waals surface area contributed by atoms with Gasteiger partial charge in [0.15, 0.2) is 0 Å². The van der Waals surface area contributed by atoms with Crippen LogP contribution in [0.25, 0.3) is 0 Å². The second-order valence-electron chi connectivity index (χ2n) is 7.67. The van der Waals surface area contributed by atoms with E-state index in [-0.39, 0.29) is 0 Å². The molecule has 136 valence electrons. The van der Waals surface area contributed by atoms with Crippen molar-refractivity contribution in [2.45, 2.75) is 41.7 Å². The van der Waals surface area contributed by atoms with Crippen molar-refractivity contribution in [1.29, 1.82) is 0 Å². The summed E-state index contributed by atoms with van der Waals surface area (Å²) in [6.07, 6.45) is 5.14. The summed E-state index contributed by atoms with van der Waals surface area (Å²) in [7, 11) is 2.22. The van der Waals surface area contributed by atoms with Crippen LogP contribution < -0.4 is 0 Å². The van der Waals surface area contributed by atoms with E-state index in [9.17, 15) is 0 Å². The van der Waals surface area contributed by atoms with Gasteiger partial charge in [-0.1, -0.05) is 17.8 Å². The van der Waals surface area contributed by atoms with Crippen molar-refractivity contribution in [2.75, 3.05) is 33.2 Å². The zero-order valence-corrected chi connectivity index (χ0v) is 17.2. The number of benzene rings is 1. The number of hydrogen-bond donors (Lipinski definition) is 0. The zero-order valence-electron chi connectivity index (χ0n) is 15.5. The Morgan fingerprint density at radius 3 is 2.69 bits per heavy atom. The van der Waals surface area contributed by atoms with Gasteiger partial charge in [0.2, 0.25) is 0 Å². The van der Waals surface area contributed by atoms with Crippen molar-refractivity contribution in [3.8, 4) is 0 Å². The van der Waals surface area contributed by atoms with Gasteiger partial charge >= 0.3 is 0 Å². The molecular weight excluding hydrogens is 358 g/mol. The molecule has 5 heteroatoms. The highest BCUT2D eigenvalue weighted by Gasteiger charge is 2.31. The van der Waals surface area contributed by atoms with E-state index in [0.29, 0.717) is 0 Å². The second kappa shape index (κ2) is 6.70. The van der Waals surface area contributed by atoms with Gasteiger partial charge in [-0.2, -0.15) is 0 Å². The van der Waals surface area contributed by atoms with E-state index < -0.39 is 0 Å². The Hall–Kier alpha value is -1.30. The minimum atomic E-state index is 1.07. The number of amidine groups is 1. The van der Waals surface area contributed by atoms with Gasteiger partial charge in [0, 0.05) is 41.5 Å². The standard InChI is InChI=1S/C21H25N3S2/c1-14-7-8-16-18(13-14)26-21-19(15-5-3-4-6-17(15)25-21)20(22-16)24-11-9-23(2)10-12-24/h7-8,13H,3-6,9-12H2,1-2H3. The molecule has 1 aromatic heterocycles. The molecule has 3 heterocycles. The monoisotopic (exact) mass is 383 g/mol. The number of aliphatic imine (C=N–C) groups is 1. The van der Waals surface area contributed by atoms with Crippen molar-refractivity contribution in [1.82, 2.24) is 9.80 Å². The lowest BCUT2D eigenvalue weighted by Crippen LogP contribution is -2.47. The second-order valence-corrected chi connectivity index (χ2v) is 10.1. The third kappa shape index (κ3) is 2.90. The largest absolute Gasteiger partial charge is 0.353 e. The molecule has 1 fully saturated rings. The van der Waals surface area contributed by atoms with Crippen molar-refractivity contribution in [3.63, 3.8) is 0 Å². The number of rotatable bonds is 0. The average molecular weight is 384 g/mol. The van der Waals surface area contributed by atoms with Gasteiger partial charge in [0.1, 0.15) is 5.84 Å². The number of fused-ring (bicyclic) bond motifs is 4. The topological polar surface area (TPSA) is 18.8 Å². The molecule has 0 amide bonds. The zero-order chi connectivity index (χ0) is 17.7. The van der Waals surface area contributed by atoms with Crippen LogP contribution in [0.5, 0.6) is 0 Å². The predicted octanol–water partition coefficient (Wildman–Crippen LogP) is 4.73. The van der Waals surface area contributed by atoms with Crippen LogP contribution in [-0.2, 0) is 12.8 Å². The Labute approximate surface area is 164 Å². The van der Waals surface area contributed by atoms with E-state index in [1.807, 2.05) is 23.1 Å². The fourth-order valence-electron chi connectivity index (χ4n) is 4.15. The van der Waals surface area contributed by atoms with Gasteiger partial charge in [0.05, 0.1) is 9.90 Å². The molecule has 0 bridgehead atoms. The van der Waals surface area contributed by atoms with Crippen LogP contribution in [0.15, 0.2) is 32.3 Å². The van der Waals surface area contributed by atoms with Crippen LogP contribution in [-0.4, -0.2) is 48.9 Å². The maximum absolute atomic E-state index is 5.26. The molecule has 0 atom stereocenters. The molecule has 2 aliphatic heterocycles. The molecule has 2 aromatic rings. The Balaban J connectivity index is 1.67. The summed E-state index contributed by atoms with van der Waals surface area (Å²) in [6, 6.07) is 6.70. The summed E-state index contributed by atoms with van der Waals surface area (Å²) >= 11 is 3.98. The Morgan fingerprint density at radius 2 is 1.85 bits per heavy atom. The molecule has 0 N–H and O–H groups in total. The van der Waals surface area contributed by atoms with Gasteiger partial charge in [-0.25, -0.2) is 4.99 Å². The maximum atomic E-state index is 5.26. The molecule has 5 rings (SSSR count). The van der Waals surface area contributed by atoms with Gasteiger partial charge in [-0.15, -0.1) is 11.3 Å². The summed E-state index contributed by atoms with van der Waals surface area (Å²) < 4.78 is 1.47. The molecular formula is C21H25N3S2. The highest BCUT2D eigenvalue weighted by atomic mass is 32.2. The number of piperazine rings is 1. The van der Waals surface area contributed by atoms with E-state index >= 15 is 0 Å². The van der Waals surface area contributed by atoms with Crippen molar-refractivity contribution >= 4 is 34.6 Å². The fraction of sp³-hybridized carbons (Fsp3) is 0.476. The summed E-state index contributed by atoms with van der Waals surface area (Å²) in [5.74, 6) is 1.24. The molecule has 0 saturated carbocycles. The number of likely N-dealkylation sites (N-methyl/N-ethyl adjacent to an activating group) is 1. The Morgan fingerprint density at radius 1 is 1.04 bits per heavy atom. The first-order valence-corrected chi connectivity index (χ1v) is 11.3. The maximum Gasteiger partial charge on any atom is 0.138 e. The molecule has 3 nitrogen and oxygen atoms in total. The summed E-state index contributed by atoms with van der Waals surface area (Å²) in [5, 5.41) is 0. The lowest BCUT2D eigenvalue weighted by molar-refractivity contribution is 0.215. The molecule has 1 aromatic carbocycles. The number of nitrogens with zero attached hydrogens (tertiary/aromatic N) is 3. The third-order valence-corrected chi connectivity index (χ3v) is 8.23. The first-order chi connectivity index (χ1) is 12.7. The van der Waals surface area contributed by atoms with Crippen LogP contribution in [0.2, 0.25) is 0 Å². The molecule has 0 radical (unpaired) electrons. The van der Waals surface area contributed by atoms with E-state index in [1.165, 1.54) is 51.8 Å². The number of thiophene rings is 1. The average Bonchev–Trinajstić information content (AvgIpc) is 2.92. The highest BCUT2D eigenvalue weighted by molar-refractivity contribution is 8.01. The van der Waals surface area contributed by atoms with Crippen LogP contribution in [0, 0.1) is 6.92 Å². The van der Waals surface area contributed by atoms with Crippen molar-refractivity contribution in [3.05, 3.63) is 39.8 Å². The molecule has 3 aliphatic rings. The van der Waals surface area contributed by atoms with Crippen LogP contribution >= 0.6 is 23.1 Å². The van der Waals surface area contributed by atoms with Crippen LogP contribution in [0.1, 0.15) is 34.4 Å². The highest BCUT2D eigenvalue weighted by Crippen LogP contribution is 2.48. The molecule has 1 saturated heterocycles. The SMILES string of the molecule is Cc1ccc2c(c1)Sc1sc3c(c1C(N1CCN(C)CC1)=N2)CCCC3. The number of hydrogen-bond acceptors (Lipinski definition) is 5. The van der Waals surface area contributed by atoms with Crippen molar-refractivity contribution in [2.24, 2.45) is 4.99 Å². The minimum absolute atomic E-state index is 1.07. The molecule has 0 spiro atoms. The van der Waals surface area contributed by atoms with E-state index in [4.69, 9.17) is 4.99 Å². The summed E-state index contributed by atoms with van der Waals surface area (Å²) in [4.78, 5) is 13.1. The van der Waals surface area contributed by atoms with Crippen molar-refractivity contribution < 1.29 is 0 Å². The molecule has 26 heavy (non-hydrogen) atoms. The lowest BCUT2D eigenvalue weighted by Gasteiger charge is -2.35. The van der Waals surface area contributed by atoms with E-state index in [2.05, 4.69) is 42.0 Å². The Kier molecular flexibility index (Phi) is 4.34. The summed E-state index contributed by atoms with van der Waals surface area (Å²) in [5.41, 5.74) is 5.53. The predicted molar refractivity (Wildman–Crippen MR) is 112 cm³/mol. The molecule has 0 unspecified atom stereocenters. The third-order valence-electron chi connectivity index (χ3n) is 5.71. The van der Waals surface area contributed by atoms with Gasteiger partial charge in [0.25, 0.3) is 0 Å². The minimum Gasteiger partial charge on any atom is -0.353 e. The summed E-state index contributed by atoms with van der Waals surface area (Å²) in [6.45, 7) is 6.57. The fourth-order valence-corrected chi connectivity index (χ4v) is 6.98. The Bertz CT molecular complexity index is 876. The van der Waals surface area contributed by atoms with Gasteiger partial charge in [-0.3, -0.25) is 0 Å². The van der Waals surface area contributed by atoms with Crippen LogP contribution in [0.4, 0.5) is 5.69 Å². The van der Waals surface area contributed by atoms with Gasteiger partial charge in [-0.05, 0) is 62.9 Å². The number of aryl methyl sites for hydroxylation is 2. The normalized spacial score (nSPS) is 20.1. The van der Waals surface area contributed by atoms with E-state index in [0.717, 1.165) is 31.9 Å². The van der Waals surface area contributed by atoms with Gasteiger partial charge < -0.3 is 9.80 Å². The van der Waals surface area contributed by atoms with E-state index in [1.54, 1.807) is 10.4 Å². The first kappa shape index (κ1) is 16.8. The van der Waals surface area contributed by atoms with Crippen LogP contribution in [0.3, 0.4) is 0 Å². The smallest absolute Gasteiger partial charge is 0.138 e. The first-order valence-electron chi connectivity index (χ1n) is 9.64. The lowest BCUT2D eigenvalue weighted by atomic mass is 9.95. The quantitative estimate of drug-likeness (QED) is 0.656.